The zero-order chi connectivity index (χ0) is 16.4. The zero-order valence-corrected chi connectivity index (χ0v) is 13.0. The standard InChI is InChI=1S/C17H22FN3O2/c18-13-3-1-2-12(9-13)14-10-15(14)20-17(23)21-6-4-11(5-7-21)8-16(19)22/h1-3,9,11,14-15H,4-8,10H2,(H2,19,22)(H,20,23)/t14-,15-/m0/s1. The lowest BCUT2D eigenvalue weighted by molar-refractivity contribution is -0.119. The molecule has 1 aromatic carbocycles. The van der Waals surface area contributed by atoms with Gasteiger partial charge in [0.25, 0.3) is 0 Å². The molecule has 2 aliphatic rings. The van der Waals surface area contributed by atoms with E-state index in [0.29, 0.717) is 19.5 Å². The minimum atomic E-state index is -0.274. The summed E-state index contributed by atoms with van der Waals surface area (Å²) in [6, 6.07) is 6.58. The van der Waals surface area contributed by atoms with Crippen LogP contribution >= 0.6 is 0 Å². The van der Waals surface area contributed by atoms with Gasteiger partial charge in [-0.25, -0.2) is 9.18 Å². The quantitative estimate of drug-likeness (QED) is 0.890. The van der Waals surface area contributed by atoms with E-state index < -0.39 is 0 Å². The van der Waals surface area contributed by atoms with Crippen molar-refractivity contribution in [3.63, 3.8) is 0 Å². The Hall–Kier alpha value is -2.11. The number of amides is 3. The number of likely N-dealkylation sites (tertiary alicyclic amines) is 1. The van der Waals surface area contributed by atoms with Crippen LogP contribution in [0.2, 0.25) is 0 Å². The molecule has 1 saturated carbocycles. The van der Waals surface area contributed by atoms with Crippen LogP contribution in [0.1, 0.15) is 37.2 Å². The monoisotopic (exact) mass is 319 g/mol. The summed E-state index contributed by atoms with van der Waals surface area (Å²) < 4.78 is 13.2. The number of benzene rings is 1. The van der Waals surface area contributed by atoms with Crippen molar-refractivity contribution < 1.29 is 14.0 Å². The summed E-state index contributed by atoms with van der Waals surface area (Å²) in [5, 5.41) is 3.02. The summed E-state index contributed by atoms with van der Waals surface area (Å²) in [7, 11) is 0. The molecule has 2 atom stereocenters. The third-order valence-corrected chi connectivity index (χ3v) is 4.77. The number of rotatable bonds is 4. The van der Waals surface area contributed by atoms with Crippen LogP contribution in [0, 0.1) is 11.7 Å². The summed E-state index contributed by atoms with van der Waals surface area (Å²) in [5.74, 6) is -0.0145. The van der Waals surface area contributed by atoms with Crippen molar-refractivity contribution in [2.75, 3.05) is 13.1 Å². The molecule has 0 unspecified atom stereocenters. The highest BCUT2D eigenvalue weighted by Crippen LogP contribution is 2.41. The lowest BCUT2D eigenvalue weighted by Gasteiger charge is -2.31. The number of hydrogen-bond donors (Lipinski definition) is 2. The average Bonchev–Trinajstić information content (AvgIpc) is 3.26. The average molecular weight is 319 g/mol. The number of urea groups is 1. The molecule has 23 heavy (non-hydrogen) atoms. The Balaban J connectivity index is 1.45. The Bertz CT molecular complexity index is 599. The molecule has 3 amide bonds. The van der Waals surface area contributed by atoms with Crippen LogP contribution in [0.4, 0.5) is 9.18 Å². The highest BCUT2D eigenvalue weighted by Gasteiger charge is 2.40. The van der Waals surface area contributed by atoms with Crippen molar-refractivity contribution in [3.8, 4) is 0 Å². The first kappa shape index (κ1) is 15.8. The number of carbonyl (C=O) groups is 2. The number of primary amides is 1. The largest absolute Gasteiger partial charge is 0.370 e. The summed E-state index contributed by atoms with van der Waals surface area (Å²) in [6.07, 6.45) is 2.88. The number of nitrogens with zero attached hydrogens (tertiary/aromatic N) is 1. The topological polar surface area (TPSA) is 75.4 Å². The van der Waals surface area contributed by atoms with Crippen molar-refractivity contribution in [2.45, 2.75) is 37.6 Å². The molecule has 2 fully saturated rings. The van der Waals surface area contributed by atoms with E-state index in [1.165, 1.54) is 12.1 Å². The van der Waals surface area contributed by atoms with Crippen LogP contribution in [0.5, 0.6) is 0 Å². The minimum Gasteiger partial charge on any atom is -0.370 e. The molecule has 1 heterocycles. The highest BCUT2D eigenvalue weighted by atomic mass is 19.1. The maximum Gasteiger partial charge on any atom is 0.317 e. The molecule has 0 radical (unpaired) electrons. The van der Waals surface area contributed by atoms with Crippen molar-refractivity contribution >= 4 is 11.9 Å². The van der Waals surface area contributed by atoms with Gasteiger partial charge in [0.1, 0.15) is 5.82 Å². The van der Waals surface area contributed by atoms with Gasteiger partial charge in [-0.1, -0.05) is 12.1 Å². The molecular formula is C17H22FN3O2. The van der Waals surface area contributed by atoms with Crippen molar-refractivity contribution in [3.05, 3.63) is 35.6 Å². The van der Waals surface area contributed by atoms with E-state index in [9.17, 15) is 14.0 Å². The third kappa shape index (κ3) is 4.00. The van der Waals surface area contributed by atoms with Crippen molar-refractivity contribution in [1.29, 1.82) is 0 Å². The summed E-state index contributed by atoms with van der Waals surface area (Å²) >= 11 is 0. The second kappa shape index (κ2) is 6.56. The van der Waals surface area contributed by atoms with Gasteiger partial charge in [0.2, 0.25) is 5.91 Å². The van der Waals surface area contributed by atoms with Crippen molar-refractivity contribution in [1.82, 2.24) is 10.2 Å². The molecule has 3 rings (SSSR count). The maximum atomic E-state index is 13.2. The van der Waals surface area contributed by atoms with Crippen LogP contribution in [-0.2, 0) is 4.79 Å². The third-order valence-electron chi connectivity index (χ3n) is 4.77. The first-order valence-corrected chi connectivity index (χ1v) is 8.12. The summed E-state index contributed by atoms with van der Waals surface area (Å²) in [4.78, 5) is 25.0. The van der Waals surface area contributed by atoms with E-state index in [4.69, 9.17) is 5.73 Å². The van der Waals surface area contributed by atoms with Gasteiger partial charge < -0.3 is 16.0 Å². The van der Waals surface area contributed by atoms with Gasteiger partial charge in [-0.05, 0) is 42.9 Å². The van der Waals surface area contributed by atoms with Crippen molar-refractivity contribution in [2.24, 2.45) is 11.7 Å². The molecule has 0 bridgehead atoms. The van der Waals surface area contributed by atoms with Gasteiger partial charge in [-0.15, -0.1) is 0 Å². The second-order valence-electron chi connectivity index (χ2n) is 6.55. The van der Waals surface area contributed by atoms with E-state index in [0.717, 1.165) is 24.8 Å². The predicted molar refractivity (Wildman–Crippen MR) is 84.2 cm³/mol. The van der Waals surface area contributed by atoms with Crippen LogP contribution in [0.3, 0.4) is 0 Å². The van der Waals surface area contributed by atoms with Gasteiger partial charge in [0.05, 0.1) is 0 Å². The molecule has 1 aromatic rings. The van der Waals surface area contributed by atoms with Crippen LogP contribution in [-0.4, -0.2) is 36.0 Å². The van der Waals surface area contributed by atoms with Gasteiger partial charge in [0.15, 0.2) is 0 Å². The molecule has 3 N–H and O–H groups in total. The van der Waals surface area contributed by atoms with E-state index >= 15 is 0 Å². The number of nitrogens with one attached hydrogen (secondary N) is 1. The number of hydrogen-bond acceptors (Lipinski definition) is 2. The van der Waals surface area contributed by atoms with E-state index in [-0.39, 0.29) is 35.6 Å². The number of nitrogens with two attached hydrogens (primary N) is 1. The molecule has 124 valence electrons. The van der Waals surface area contributed by atoms with E-state index in [2.05, 4.69) is 5.32 Å². The van der Waals surface area contributed by atoms with Crippen LogP contribution < -0.4 is 11.1 Å². The van der Waals surface area contributed by atoms with Gasteiger partial charge >= 0.3 is 6.03 Å². The fourth-order valence-corrected chi connectivity index (χ4v) is 3.33. The fourth-order valence-electron chi connectivity index (χ4n) is 3.33. The lowest BCUT2D eigenvalue weighted by atomic mass is 9.93. The second-order valence-corrected chi connectivity index (χ2v) is 6.55. The molecule has 1 saturated heterocycles. The smallest absolute Gasteiger partial charge is 0.317 e. The zero-order valence-electron chi connectivity index (χ0n) is 13.0. The first-order valence-electron chi connectivity index (χ1n) is 8.12. The number of piperidine rings is 1. The normalized spacial score (nSPS) is 24.3. The molecular weight excluding hydrogens is 297 g/mol. The van der Waals surface area contributed by atoms with E-state index in [1.54, 1.807) is 11.0 Å². The van der Waals surface area contributed by atoms with Gasteiger partial charge in [-0.3, -0.25) is 4.79 Å². The van der Waals surface area contributed by atoms with Crippen LogP contribution in [0.15, 0.2) is 24.3 Å². The Morgan fingerprint density at radius 2 is 2.04 bits per heavy atom. The first-order chi connectivity index (χ1) is 11.0. The molecule has 6 heteroatoms. The summed E-state index contributed by atoms with van der Waals surface area (Å²) in [6.45, 7) is 1.31. The molecule has 1 aliphatic heterocycles. The molecule has 1 aliphatic carbocycles. The van der Waals surface area contributed by atoms with Crippen LogP contribution in [0.25, 0.3) is 0 Å². The maximum absolute atomic E-state index is 13.2. The Kier molecular flexibility index (Phi) is 4.50. The molecule has 5 nitrogen and oxygen atoms in total. The number of carbonyl (C=O) groups excluding carboxylic acids is 2. The SMILES string of the molecule is NC(=O)CC1CCN(C(=O)N[C@H]2C[C@H]2c2cccc(F)c2)CC1. The Labute approximate surface area is 135 Å². The van der Waals surface area contributed by atoms with E-state index in [1.807, 2.05) is 6.07 Å². The fraction of sp³-hybridized carbons (Fsp3) is 0.529. The highest BCUT2D eigenvalue weighted by molar-refractivity contribution is 5.76. The Morgan fingerprint density at radius 3 is 2.70 bits per heavy atom. The predicted octanol–water partition coefficient (Wildman–Crippen LogP) is 1.98. The molecule has 0 spiro atoms. The number of halogens is 1. The Morgan fingerprint density at radius 1 is 1.30 bits per heavy atom. The van der Waals surface area contributed by atoms with Gasteiger partial charge in [0, 0.05) is 31.5 Å². The minimum absolute atomic E-state index is 0.0635. The van der Waals surface area contributed by atoms with Gasteiger partial charge in [-0.2, -0.15) is 0 Å². The lowest BCUT2D eigenvalue weighted by Crippen LogP contribution is -2.45. The summed E-state index contributed by atoms with van der Waals surface area (Å²) in [5.41, 5.74) is 6.15. The molecule has 0 aromatic heterocycles.